The van der Waals surface area contributed by atoms with E-state index in [0.717, 1.165) is 38.7 Å². The number of rotatable bonds is 33. The number of benzene rings is 3. The number of nitrogen functional groups attached to an aromatic ring is 1. The number of amides is 5. The molecule has 0 bridgehead atoms. The van der Waals surface area contributed by atoms with Gasteiger partial charge in [0.15, 0.2) is 22.7 Å². The number of hydrogen-bond donors (Lipinski definition) is 15. The molecule has 0 saturated carbocycles. The lowest BCUT2D eigenvalue weighted by molar-refractivity contribution is -0.172. The molecule has 107 heavy (non-hydrogen) atoms. The normalized spacial score (nSPS) is 14.6. The lowest BCUT2D eigenvalue weighted by atomic mass is 9.86. The molecule has 39 heteroatoms. The summed E-state index contributed by atoms with van der Waals surface area (Å²) >= 11 is 2.70. The third kappa shape index (κ3) is 20.8. The zero-order valence-electron chi connectivity index (χ0n) is 57.8. The van der Waals surface area contributed by atoms with Gasteiger partial charge < -0.3 is 93.4 Å². The minimum absolute atomic E-state index is 0.0128. The van der Waals surface area contributed by atoms with Crippen molar-refractivity contribution in [2.75, 3.05) is 35.9 Å². The number of aliphatic imine (C=N–C) groups is 1. The number of carbonyl (C=O) groups excluding carboxylic acids is 7. The van der Waals surface area contributed by atoms with Gasteiger partial charge in [-0.05, 0) is 116 Å². The molecule has 6 heterocycles. The number of aromatic nitrogens is 6. The molecule has 2 aliphatic rings. The van der Waals surface area contributed by atoms with E-state index in [4.69, 9.17) is 36.4 Å². The Hall–Kier alpha value is -12.3. The van der Waals surface area contributed by atoms with Crippen LogP contribution in [0, 0.1) is 0 Å². The van der Waals surface area contributed by atoms with Crippen molar-refractivity contribution in [3.8, 4) is 17.1 Å². The molecule has 0 unspecified atom stereocenters. The third-order valence-corrected chi connectivity index (χ3v) is 18.2. The van der Waals surface area contributed by atoms with Crippen LogP contribution >= 0.6 is 23.5 Å². The first-order valence-electron chi connectivity index (χ1n) is 32.8. The van der Waals surface area contributed by atoms with Crippen molar-refractivity contribution in [3.63, 3.8) is 0 Å². The number of carbonyl (C=O) groups is 11. The van der Waals surface area contributed by atoms with Crippen molar-refractivity contribution in [1.82, 2.24) is 56.1 Å². The van der Waals surface area contributed by atoms with E-state index in [0.29, 0.717) is 47.0 Å². The lowest BCUT2D eigenvalue weighted by Gasteiger charge is -2.31. The molecule has 0 spiro atoms. The van der Waals surface area contributed by atoms with Gasteiger partial charge >= 0.3 is 36.0 Å². The van der Waals surface area contributed by atoms with Gasteiger partial charge in [-0.25, -0.2) is 34.1 Å². The SMILES string of the molecule is CCc1c2c(nc3ccc(OC(=O)OCc4ccc(SC)cc4)cc13)-c1cc3c(c(=O)n1C2)COC(=O)[C@@]3(O)CC.CSC[C@H](NC(=O)[C@@H](CC(=O)O)NC(=O)[C@@H](CCCN=C(N)N)NC(=O)[C@@H](CC(=O)O)NC(=O)CC[C@@H](NC(=O)c1ccc(NCc2cnc3nc(N)[nH]c(=O)c3n2)cc1)C(=O)O)C(=O)O. The van der Waals surface area contributed by atoms with E-state index < -0.39 is 133 Å². The Morgan fingerprint density at radius 2 is 1.42 bits per heavy atom. The number of esters is 1. The van der Waals surface area contributed by atoms with Gasteiger partial charge in [0, 0.05) is 51.4 Å². The topological polar surface area (TPSA) is 586 Å². The van der Waals surface area contributed by atoms with E-state index in [9.17, 15) is 87.9 Å². The fourth-order valence-corrected chi connectivity index (χ4v) is 12.3. The Kier molecular flexibility index (Phi) is 27.4. The molecule has 0 saturated heterocycles. The summed E-state index contributed by atoms with van der Waals surface area (Å²) in [6.45, 7) is 3.92. The van der Waals surface area contributed by atoms with Crippen molar-refractivity contribution in [2.45, 2.75) is 132 Å². The maximum Gasteiger partial charge on any atom is 0.514 e. The second-order valence-electron chi connectivity index (χ2n) is 24.1. The van der Waals surface area contributed by atoms with E-state index >= 15 is 0 Å². The number of cyclic esters (lactones) is 1. The first kappa shape index (κ1) is 80.4. The summed E-state index contributed by atoms with van der Waals surface area (Å²) < 4.78 is 17.6. The number of H-pyrrole nitrogens is 1. The van der Waals surface area contributed by atoms with Crippen molar-refractivity contribution in [2.24, 2.45) is 16.5 Å². The number of anilines is 2. The zero-order chi connectivity index (χ0) is 78.0. The number of nitrogens with two attached hydrogens (primary N) is 3. The van der Waals surface area contributed by atoms with Crippen molar-refractivity contribution < 1.29 is 92.5 Å². The quantitative estimate of drug-likeness (QED) is 0.00689. The van der Waals surface area contributed by atoms with Crippen LogP contribution < -0.4 is 65.0 Å². The average Bonchev–Trinajstić information content (AvgIpc) is 1.59. The highest BCUT2D eigenvalue weighted by molar-refractivity contribution is 7.98. The van der Waals surface area contributed by atoms with Crippen LogP contribution in [0.1, 0.15) is 103 Å². The Morgan fingerprint density at radius 1 is 0.766 bits per heavy atom. The smallest absolute Gasteiger partial charge is 0.481 e. The molecule has 5 amide bonds. The van der Waals surface area contributed by atoms with Crippen LogP contribution in [-0.4, -0.2) is 182 Å². The van der Waals surface area contributed by atoms with Crippen molar-refractivity contribution in [3.05, 3.63) is 139 Å². The number of carboxylic acid groups (broad SMARTS) is 4. The summed E-state index contributed by atoms with van der Waals surface area (Å²) in [5, 5.41) is 64.1. The molecule has 37 nitrogen and oxygen atoms in total. The average molecular weight is 1520 g/mol. The van der Waals surface area contributed by atoms with Gasteiger partial charge in [-0.15, -0.1) is 11.8 Å². The van der Waals surface area contributed by atoms with Crippen LogP contribution in [0.4, 0.5) is 16.4 Å². The number of nitrogens with one attached hydrogen (secondary N) is 7. The molecular formula is C68H76N16O21S2. The number of carboxylic acids is 4. The molecule has 0 fully saturated rings. The molecule has 9 rings (SSSR count). The summed E-state index contributed by atoms with van der Waals surface area (Å²) in [6.07, 6.45) is 1.31. The number of aliphatic carboxylic acids is 4. The van der Waals surface area contributed by atoms with Crippen molar-refractivity contribution in [1.29, 1.82) is 0 Å². The Morgan fingerprint density at radius 3 is 2.05 bits per heavy atom. The maximum atomic E-state index is 13.5. The number of aromatic amines is 1. The fourth-order valence-electron chi connectivity index (χ4n) is 11.3. The van der Waals surface area contributed by atoms with Gasteiger partial charge in [0.1, 0.15) is 49.2 Å². The number of aliphatic hydroxyl groups is 1. The predicted molar refractivity (Wildman–Crippen MR) is 385 cm³/mol. The summed E-state index contributed by atoms with van der Waals surface area (Å²) in [5.74, 6) is -12.5. The zero-order valence-corrected chi connectivity index (χ0v) is 59.4. The van der Waals surface area contributed by atoms with E-state index in [1.165, 1.54) is 30.5 Å². The van der Waals surface area contributed by atoms with Crippen molar-refractivity contribution >= 4 is 129 Å². The van der Waals surface area contributed by atoms with Gasteiger partial charge in [0.05, 0.1) is 60.3 Å². The molecule has 6 atom stereocenters. The monoisotopic (exact) mass is 1520 g/mol. The maximum absolute atomic E-state index is 13.5. The molecule has 3 aromatic carbocycles. The summed E-state index contributed by atoms with van der Waals surface area (Å²) in [6, 6.07) is 11.9. The fraction of sp³-hybridized carbons (Fsp3) is 0.353. The largest absolute Gasteiger partial charge is 0.514 e. The molecule has 7 aromatic rings. The Labute approximate surface area is 615 Å². The number of nitrogens with zero attached hydrogens (tertiary/aromatic N) is 6. The Balaban J connectivity index is 0.000000298. The standard InChI is InChI=1S/C37H48N14O14S.C31H28N2O7S/c1-66-15-23(35(64)65)49-32(60)22(12-26(55)56)48-30(58)19(3-2-10-41-36(38)39)46-31(59)21(11-25(53)54)45-24(52)9-8-20(34(62)63)47-29(57)16-4-6-17(7-5-16)42-13-18-14-43-28-27(44-18)33(61)51-37(40)50-28;1-4-20-21-12-18(40-30(36)39-15-17-6-9-19(41-3)10-7-17)8-11-25(21)32-27-22(20)14-33-26(27)13-24-23(28(33)34)16-38-29(35)31(24,37)5-2/h4-7,14,19-23,42H,2-3,8-13,15H2,1H3,(H,45,52)(H,46,59)(H,47,57)(H,48,58)(H,49,60)(H,53,54)(H,55,56)(H,62,63)(H,64,65)(H4,38,39,41)(H3,40,43,50,51,61);6-13,37H,4-5,14-16H2,1-3H3/t19-,20-,21-,22-,23+;31-/m11/s1. The number of aryl methyl sites for hydroxylation is 1. The molecular weight excluding hydrogens is 1440 g/mol. The molecule has 18 N–H and O–H groups in total. The molecule has 0 aliphatic carbocycles. The van der Waals surface area contributed by atoms with Gasteiger partial charge in [-0.3, -0.25) is 53.1 Å². The van der Waals surface area contributed by atoms with Crippen LogP contribution in [0.15, 0.2) is 98.5 Å². The van der Waals surface area contributed by atoms with E-state index in [2.05, 4.69) is 56.8 Å². The highest BCUT2D eigenvalue weighted by atomic mass is 32.2. The highest BCUT2D eigenvalue weighted by Crippen LogP contribution is 2.41. The van der Waals surface area contributed by atoms with E-state index in [1.807, 2.05) is 37.4 Å². The van der Waals surface area contributed by atoms with Gasteiger partial charge in [-0.1, -0.05) is 26.0 Å². The number of hydrogen-bond acceptors (Lipinski definition) is 26. The molecule has 0 radical (unpaired) electrons. The number of guanidine groups is 1. The molecule has 2 aliphatic heterocycles. The Bertz CT molecular complexity index is 4750. The number of ether oxygens (including phenoxy) is 3. The number of pyridine rings is 2. The van der Waals surface area contributed by atoms with Gasteiger partial charge in [0.2, 0.25) is 29.6 Å². The third-order valence-electron chi connectivity index (χ3n) is 16.8. The van der Waals surface area contributed by atoms with E-state index in [1.54, 1.807) is 53.8 Å². The second-order valence-corrected chi connectivity index (χ2v) is 25.9. The highest BCUT2D eigenvalue weighted by Gasteiger charge is 2.46. The predicted octanol–water partition coefficient (Wildman–Crippen LogP) is 1.34. The second kappa shape index (κ2) is 36.4. The van der Waals surface area contributed by atoms with Gasteiger partial charge in [0.25, 0.3) is 17.0 Å². The first-order valence-corrected chi connectivity index (χ1v) is 35.5. The summed E-state index contributed by atoms with van der Waals surface area (Å²) in [4.78, 5) is 188. The minimum Gasteiger partial charge on any atom is -0.481 e. The van der Waals surface area contributed by atoms with Crippen LogP contribution in [0.25, 0.3) is 33.5 Å². The number of thioether (sulfide) groups is 2. The van der Waals surface area contributed by atoms with Crippen LogP contribution in [0.5, 0.6) is 5.75 Å². The van der Waals surface area contributed by atoms with Crippen LogP contribution in [0.3, 0.4) is 0 Å². The molecule has 4 aromatic heterocycles. The summed E-state index contributed by atoms with van der Waals surface area (Å²) in [5.41, 5.74) is 19.5. The van der Waals surface area contributed by atoms with Gasteiger partial charge in [-0.2, -0.15) is 16.7 Å². The van der Waals surface area contributed by atoms with Crippen LogP contribution in [-0.2, 0) is 90.9 Å². The minimum atomic E-state index is -1.88. The number of fused-ring (bicyclic) bond motifs is 6. The van der Waals surface area contributed by atoms with E-state index in [-0.39, 0.29) is 96.6 Å². The lowest BCUT2D eigenvalue weighted by Crippen LogP contribution is -2.58. The molecule has 566 valence electrons. The van der Waals surface area contributed by atoms with Crippen LogP contribution in [0.2, 0.25) is 0 Å². The first-order chi connectivity index (χ1) is 50.9. The summed E-state index contributed by atoms with van der Waals surface area (Å²) in [7, 11) is 0.